The molecule has 0 radical (unpaired) electrons. The van der Waals surface area contributed by atoms with E-state index in [1.54, 1.807) is 16.4 Å². The molecule has 2 saturated heterocycles. The van der Waals surface area contributed by atoms with E-state index in [2.05, 4.69) is 5.32 Å². The van der Waals surface area contributed by atoms with Crippen molar-refractivity contribution >= 4 is 21.6 Å². The highest BCUT2D eigenvalue weighted by Crippen LogP contribution is 2.22. The normalized spacial score (nSPS) is 20.1. The number of hydrogen-bond donors (Lipinski definition) is 1. The van der Waals surface area contributed by atoms with Crippen molar-refractivity contribution in [2.24, 2.45) is 0 Å². The van der Waals surface area contributed by atoms with Crippen molar-refractivity contribution in [2.75, 3.05) is 31.5 Å². The van der Waals surface area contributed by atoms with Crippen LogP contribution in [-0.4, -0.2) is 55.8 Å². The van der Waals surface area contributed by atoms with Crippen molar-refractivity contribution in [3.63, 3.8) is 0 Å². The average Bonchev–Trinajstić information content (AvgIpc) is 3.09. The van der Waals surface area contributed by atoms with Gasteiger partial charge in [0.1, 0.15) is 0 Å². The third kappa shape index (κ3) is 5.70. The van der Waals surface area contributed by atoms with E-state index in [0.29, 0.717) is 30.8 Å². The maximum absolute atomic E-state index is 12.9. The number of sulfonamides is 1. The van der Waals surface area contributed by atoms with Crippen LogP contribution < -0.4 is 5.32 Å². The third-order valence-corrected chi connectivity index (χ3v) is 8.35. The molecule has 6 nitrogen and oxygen atoms in total. The maximum atomic E-state index is 12.9. The van der Waals surface area contributed by atoms with Crippen LogP contribution in [0.5, 0.6) is 0 Å². The highest BCUT2D eigenvalue weighted by Gasteiger charge is 2.27. The number of nitrogens with one attached hydrogen (secondary N) is 1. The lowest BCUT2D eigenvalue weighted by molar-refractivity contribution is -0.130. The smallest absolute Gasteiger partial charge is 0.243 e. The second-order valence-electron chi connectivity index (χ2n) is 8.80. The van der Waals surface area contributed by atoms with Gasteiger partial charge in [-0.3, -0.25) is 4.79 Å². The van der Waals surface area contributed by atoms with Crippen LogP contribution in [0.3, 0.4) is 0 Å². The molecule has 2 aromatic carbocycles. The van der Waals surface area contributed by atoms with Crippen molar-refractivity contribution in [2.45, 2.75) is 55.9 Å². The van der Waals surface area contributed by atoms with E-state index in [0.717, 1.165) is 56.4 Å². The van der Waals surface area contributed by atoms with Gasteiger partial charge in [-0.05, 0) is 55.5 Å². The van der Waals surface area contributed by atoms with Crippen LogP contribution in [-0.2, 0) is 21.2 Å². The molecule has 0 saturated carbocycles. The number of likely N-dealkylation sites (tertiary alicyclic amines) is 1. The Hall–Kier alpha value is -2.38. The predicted molar refractivity (Wildman–Crippen MR) is 127 cm³/mol. The van der Waals surface area contributed by atoms with E-state index >= 15 is 0 Å². The van der Waals surface area contributed by atoms with Crippen molar-refractivity contribution in [3.05, 3.63) is 60.2 Å². The van der Waals surface area contributed by atoms with Crippen LogP contribution in [0, 0.1) is 0 Å². The van der Waals surface area contributed by atoms with Gasteiger partial charge < -0.3 is 10.2 Å². The lowest BCUT2D eigenvalue weighted by atomic mass is 10.1. The van der Waals surface area contributed by atoms with Crippen LogP contribution in [0.2, 0.25) is 0 Å². The number of rotatable bonds is 7. The fourth-order valence-corrected chi connectivity index (χ4v) is 6.06. The standard InChI is InChI=1S/C25H33N3O3S/c29-25(27-19-16-23(20-27)26-22-8-4-3-5-9-22)15-12-21-10-13-24(14-11-21)32(30,31)28-17-6-1-2-7-18-28/h3-5,8-11,13-14,23,26H,1-2,6-7,12,15-20H2. The van der Waals surface area contributed by atoms with Gasteiger partial charge in [-0.15, -0.1) is 0 Å². The monoisotopic (exact) mass is 455 g/mol. The van der Waals surface area contributed by atoms with E-state index in [4.69, 9.17) is 0 Å². The Kier molecular flexibility index (Phi) is 7.48. The van der Waals surface area contributed by atoms with E-state index in [1.165, 1.54) is 0 Å². The first-order valence-corrected chi connectivity index (χ1v) is 13.1. The zero-order valence-corrected chi connectivity index (χ0v) is 19.4. The summed E-state index contributed by atoms with van der Waals surface area (Å²) in [5.41, 5.74) is 2.08. The summed E-state index contributed by atoms with van der Waals surface area (Å²) in [5, 5.41) is 3.50. The van der Waals surface area contributed by atoms with Gasteiger partial charge in [-0.1, -0.05) is 43.2 Å². The molecule has 0 aliphatic carbocycles. The first kappa shape index (κ1) is 22.8. The zero-order valence-electron chi connectivity index (χ0n) is 18.6. The average molecular weight is 456 g/mol. The molecule has 1 amide bonds. The molecule has 1 unspecified atom stereocenters. The van der Waals surface area contributed by atoms with Gasteiger partial charge in [-0.25, -0.2) is 8.42 Å². The number of amides is 1. The molecule has 2 fully saturated rings. The minimum absolute atomic E-state index is 0.156. The van der Waals surface area contributed by atoms with Crippen LogP contribution in [0.25, 0.3) is 0 Å². The number of aryl methyl sites for hydroxylation is 1. The van der Waals surface area contributed by atoms with E-state index in [-0.39, 0.29) is 11.9 Å². The summed E-state index contributed by atoms with van der Waals surface area (Å²) in [6, 6.07) is 17.4. The number of carbonyl (C=O) groups is 1. The van der Waals surface area contributed by atoms with E-state index < -0.39 is 10.0 Å². The second-order valence-corrected chi connectivity index (χ2v) is 10.7. The Morgan fingerprint density at radius 1 is 0.906 bits per heavy atom. The van der Waals surface area contributed by atoms with E-state index in [9.17, 15) is 13.2 Å². The molecule has 2 heterocycles. The van der Waals surface area contributed by atoms with Gasteiger partial charge in [-0.2, -0.15) is 4.31 Å². The van der Waals surface area contributed by atoms with Crippen LogP contribution in [0.1, 0.15) is 44.1 Å². The summed E-state index contributed by atoms with van der Waals surface area (Å²) in [6.45, 7) is 2.71. The summed E-state index contributed by atoms with van der Waals surface area (Å²) in [7, 11) is -3.43. The molecular formula is C25H33N3O3S. The number of para-hydroxylation sites is 1. The largest absolute Gasteiger partial charge is 0.380 e. The SMILES string of the molecule is O=C(CCc1ccc(S(=O)(=O)N2CCCCCC2)cc1)N1CCC(Nc2ccccc2)C1. The van der Waals surface area contributed by atoms with Crippen molar-refractivity contribution in [1.29, 1.82) is 0 Å². The summed E-state index contributed by atoms with van der Waals surface area (Å²) in [5.74, 6) is 0.156. The van der Waals surface area contributed by atoms with Crippen LogP contribution in [0.4, 0.5) is 5.69 Å². The number of benzene rings is 2. The minimum atomic E-state index is -3.43. The highest BCUT2D eigenvalue weighted by molar-refractivity contribution is 7.89. The molecule has 4 rings (SSSR count). The van der Waals surface area contributed by atoms with Crippen molar-refractivity contribution in [1.82, 2.24) is 9.21 Å². The maximum Gasteiger partial charge on any atom is 0.243 e. The summed E-state index contributed by atoms with van der Waals surface area (Å²) >= 11 is 0. The van der Waals surface area contributed by atoms with Gasteiger partial charge in [0.2, 0.25) is 15.9 Å². The molecule has 32 heavy (non-hydrogen) atoms. The molecule has 0 spiro atoms. The van der Waals surface area contributed by atoms with Gasteiger partial charge in [0.05, 0.1) is 4.90 Å². The molecular weight excluding hydrogens is 422 g/mol. The Bertz CT molecular complexity index is 985. The fourth-order valence-electron chi connectivity index (χ4n) is 4.54. The number of anilines is 1. The number of hydrogen-bond acceptors (Lipinski definition) is 4. The molecule has 172 valence electrons. The quantitative estimate of drug-likeness (QED) is 0.688. The lowest BCUT2D eigenvalue weighted by Gasteiger charge is -2.20. The van der Waals surface area contributed by atoms with Gasteiger partial charge in [0, 0.05) is 44.3 Å². The Morgan fingerprint density at radius 2 is 1.59 bits per heavy atom. The first-order valence-electron chi connectivity index (χ1n) is 11.7. The number of nitrogens with zero attached hydrogens (tertiary/aromatic N) is 2. The molecule has 2 aliphatic rings. The Labute approximate surface area is 191 Å². The van der Waals surface area contributed by atoms with Crippen molar-refractivity contribution in [3.8, 4) is 0 Å². The molecule has 2 aromatic rings. The van der Waals surface area contributed by atoms with Gasteiger partial charge in [0.25, 0.3) is 0 Å². The molecule has 7 heteroatoms. The topological polar surface area (TPSA) is 69.7 Å². The highest BCUT2D eigenvalue weighted by atomic mass is 32.2. The summed E-state index contributed by atoms with van der Waals surface area (Å²) < 4.78 is 27.4. The molecule has 0 aromatic heterocycles. The van der Waals surface area contributed by atoms with Crippen molar-refractivity contribution < 1.29 is 13.2 Å². The molecule has 0 bridgehead atoms. The Morgan fingerprint density at radius 3 is 2.28 bits per heavy atom. The van der Waals surface area contributed by atoms with Crippen LogP contribution >= 0.6 is 0 Å². The zero-order chi connectivity index (χ0) is 22.4. The second kappa shape index (κ2) is 10.5. The minimum Gasteiger partial charge on any atom is -0.380 e. The van der Waals surface area contributed by atoms with Gasteiger partial charge in [0.15, 0.2) is 0 Å². The first-order chi connectivity index (χ1) is 15.5. The molecule has 1 N–H and O–H groups in total. The summed E-state index contributed by atoms with van der Waals surface area (Å²) in [4.78, 5) is 15.0. The number of carbonyl (C=O) groups excluding carboxylic acids is 1. The predicted octanol–water partition coefficient (Wildman–Crippen LogP) is 3.90. The lowest BCUT2D eigenvalue weighted by Crippen LogP contribution is -2.32. The fraction of sp³-hybridized carbons (Fsp3) is 0.480. The van der Waals surface area contributed by atoms with E-state index in [1.807, 2.05) is 47.4 Å². The summed E-state index contributed by atoms with van der Waals surface area (Å²) in [6.07, 6.45) is 6.06. The van der Waals surface area contributed by atoms with Crippen LogP contribution in [0.15, 0.2) is 59.5 Å². The third-order valence-electron chi connectivity index (χ3n) is 6.44. The van der Waals surface area contributed by atoms with Gasteiger partial charge >= 0.3 is 0 Å². The molecule has 1 atom stereocenters. The molecule has 2 aliphatic heterocycles. The Balaban J connectivity index is 1.27.